The zero-order valence-corrected chi connectivity index (χ0v) is 14.6. The number of fused-ring (bicyclic) bond motifs is 1. The third kappa shape index (κ3) is 2.90. The fraction of sp³-hybridized carbons (Fsp3) is 0.263. The van der Waals surface area contributed by atoms with E-state index in [1.54, 1.807) is 0 Å². The summed E-state index contributed by atoms with van der Waals surface area (Å²) in [5.74, 6) is 1.09. The van der Waals surface area contributed by atoms with Gasteiger partial charge in [-0.05, 0) is 36.2 Å². The maximum absolute atomic E-state index is 6.29. The van der Waals surface area contributed by atoms with Gasteiger partial charge < -0.3 is 15.2 Å². The van der Waals surface area contributed by atoms with Gasteiger partial charge in [0, 0.05) is 17.0 Å². The third-order valence-electron chi connectivity index (χ3n) is 4.52. The van der Waals surface area contributed by atoms with Crippen molar-refractivity contribution in [2.75, 3.05) is 18.9 Å². The van der Waals surface area contributed by atoms with E-state index >= 15 is 0 Å². The van der Waals surface area contributed by atoms with Crippen LogP contribution in [0, 0.1) is 6.92 Å². The van der Waals surface area contributed by atoms with Crippen molar-refractivity contribution in [1.82, 2.24) is 9.97 Å². The standard InChI is InChI=1S/C19H18ClN3O2/c1-11-13(3-2-4-15(11)20)14-5-6-16(25-12-7-8-24-9-12)17-18(14)22-10-23-19(17)21/h2-6,10,12H,7-9H2,1H3,(H2,21,22,23)/t12-/m0/s1. The van der Waals surface area contributed by atoms with Crippen LogP contribution in [0.2, 0.25) is 5.02 Å². The molecule has 2 N–H and O–H groups in total. The van der Waals surface area contributed by atoms with Crippen molar-refractivity contribution in [2.45, 2.75) is 19.4 Å². The molecule has 0 radical (unpaired) electrons. The van der Waals surface area contributed by atoms with Crippen molar-refractivity contribution in [2.24, 2.45) is 0 Å². The molecule has 1 aliphatic rings. The first-order valence-corrected chi connectivity index (χ1v) is 8.56. The molecule has 128 valence electrons. The lowest BCUT2D eigenvalue weighted by atomic mass is 9.97. The Hall–Kier alpha value is -2.37. The van der Waals surface area contributed by atoms with Gasteiger partial charge in [0.2, 0.25) is 0 Å². The summed E-state index contributed by atoms with van der Waals surface area (Å²) < 4.78 is 11.5. The number of anilines is 1. The van der Waals surface area contributed by atoms with Gasteiger partial charge in [0.15, 0.2) is 0 Å². The Bertz CT molecular complexity index is 939. The summed E-state index contributed by atoms with van der Waals surface area (Å²) in [6, 6.07) is 9.76. The molecule has 1 aromatic heterocycles. The Balaban J connectivity index is 1.90. The summed E-state index contributed by atoms with van der Waals surface area (Å²) in [4.78, 5) is 8.63. The Labute approximate surface area is 150 Å². The first-order chi connectivity index (χ1) is 12.1. The van der Waals surface area contributed by atoms with Crippen molar-refractivity contribution < 1.29 is 9.47 Å². The molecule has 0 unspecified atom stereocenters. The fourth-order valence-electron chi connectivity index (χ4n) is 3.17. The number of halogens is 1. The first kappa shape index (κ1) is 16.1. The summed E-state index contributed by atoms with van der Waals surface area (Å²) in [5, 5.41) is 1.45. The van der Waals surface area contributed by atoms with Gasteiger partial charge in [-0.25, -0.2) is 9.97 Å². The second-order valence-corrected chi connectivity index (χ2v) is 6.52. The molecule has 1 saturated heterocycles. The molecule has 3 aromatic rings. The van der Waals surface area contributed by atoms with Crippen LogP contribution in [0.4, 0.5) is 5.82 Å². The summed E-state index contributed by atoms with van der Waals surface area (Å²) >= 11 is 6.29. The molecule has 0 bridgehead atoms. The molecule has 25 heavy (non-hydrogen) atoms. The summed E-state index contributed by atoms with van der Waals surface area (Å²) in [6.45, 7) is 3.30. The van der Waals surface area contributed by atoms with Crippen molar-refractivity contribution in [3.8, 4) is 16.9 Å². The monoisotopic (exact) mass is 355 g/mol. The zero-order chi connectivity index (χ0) is 17.4. The van der Waals surface area contributed by atoms with E-state index in [2.05, 4.69) is 9.97 Å². The predicted molar refractivity (Wildman–Crippen MR) is 99.0 cm³/mol. The third-order valence-corrected chi connectivity index (χ3v) is 4.93. The molecule has 0 spiro atoms. The second kappa shape index (κ2) is 6.50. The first-order valence-electron chi connectivity index (χ1n) is 8.18. The molecule has 6 heteroatoms. The lowest BCUT2D eigenvalue weighted by Crippen LogP contribution is -2.16. The maximum Gasteiger partial charge on any atom is 0.138 e. The van der Waals surface area contributed by atoms with Gasteiger partial charge in [0.25, 0.3) is 0 Å². The molecular formula is C19H18ClN3O2. The molecule has 4 rings (SSSR count). The number of nitrogen functional groups attached to an aromatic ring is 1. The van der Waals surface area contributed by atoms with E-state index in [9.17, 15) is 0 Å². The normalized spacial score (nSPS) is 17.1. The van der Waals surface area contributed by atoms with Crippen molar-refractivity contribution in [3.63, 3.8) is 0 Å². The van der Waals surface area contributed by atoms with E-state index in [-0.39, 0.29) is 6.10 Å². The minimum absolute atomic E-state index is 0.0292. The smallest absolute Gasteiger partial charge is 0.138 e. The fourth-order valence-corrected chi connectivity index (χ4v) is 3.34. The molecule has 0 amide bonds. The van der Waals surface area contributed by atoms with E-state index < -0.39 is 0 Å². The quantitative estimate of drug-likeness (QED) is 0.768. The highest BCUT2D eigenvalue weighted by atomic mass is 35.5. The minimum Gasteiger partial charge on any atom is -0.487 e. The molecule has 2 heterocycles. The largest absolute Gasteiger partial charge is 0.487 e. The lowest BCUT2D eigenvalue weighted by molar-refractivity contribution is 0.142. The van der Waals surface area contributed by atoms with E-state index in [0.29, 0.717) is 24.8 Å². The lowest BCUT2D eigenvalue weighted by Gasteiger charge is -2.17. The average Bonchev–Trinajstić information content (AvgIpc) is 3.11. The minimum atomic E-state index is 0.0292. The number of ether oxygens (including phenoxy) is 2. The molecular weight excluding hydrogens is 338 g/mol. The van der Waals surface area contributed by atoms with Crippen LogP contribution in [0.25, 0.3) is 22.0 Å². The van der Waals surface area contributed by atoms with Crippen LogP contribution < -0.4 is 10.5 Å². The Morgan fingerprint density at radius 3 is 2.88 bits per heavy atom. The van der Waals surface area contributed by atoms with Gasteiger partial charge in [-0.3, -0.25) is 0 Å². The van der Waals surface area contributed by atoms with Gasteiger partial charge in [-0.2, -0.15) is 0 Å². The van der Waals surface area contributed by atoms with Crippen LogP contribution in [0.5, 0.6) is 5.75 Å². The van der Waals surface area contributed by atoms with Crippen LogP contribution in [-0.2, 0) is 4.74 Å². The van der Waals surface area contributed by atoms with Gasteiger partial charge >= 0.3 is 0 Å². The molecule has 5 nitrogen and oxygen atoms in total. The topological polar surface area (TPSA) is 70.3 Å². The number of benzene rings is 2. The Morgan fingerprint density at radius 2 is 2.08 bits per heavy atom. The second-order valence-electron chi connectivity index (χ2n) is 6.11. The van der Waals surface area contributed by atoms with Gasteiger partial charge in [0.05, 0.1) is 24.1 Å². The molecule has 0 aliphatic carbocycles. The Kier molecular flexibility index (Phi) is 4.19. The van der Waals surface area contributed by atoms with Crippen LogP contribution in [0.15, 0.2) is 36.7 Å². The van der Waals surface area contributed by atoms with E-state index in [1.165, 1.54) is 6.33 Å². The number of hydrogen-bond acceptors (Lipinski definition) is 5. The van der Waals surface area contributed by atoms with E-state index in [4.69, 9.17) is 26.8 Å². The SMILES string of the molecule is Cc1c(Cl)cccc1-c1ccc(O[C@H]2CCOC2)c2c(N)ncnc12. The highest BCUT2D eigenvalue weighted by molar-refractivity contribution is 6.31. The number of nitrogens with two attached hydrogens (primary N) is 1. The number of hydrogen-bond donors (Lipinski definition) is 1. The zero-order valence-electron chi connectivity index (χ0n) is 13.8. The number of aromatic nitrogens is 2. The Morgan fingerprint density at radius 1 is 1.20 bits per heavy atom. The average molecular weight is 356 g/mol. The summed E-state index contributed by atoms with van der Waals surface area (Å²) in [5.41, 5.74) is 9.89. The van der Waals surface area contributed by atoms with Crippen LogP contribution in [0.3, 0.4) is 0 Å². The van der Waals surface area contributed by atoms with Crippen LogP contribution >= 0.6 is 11.6 Å². The summed E-state index contributed by atoms with van der Waals surface area (Å²) in [7, 11) is 0. The van der Waals surface area contributed by atoms with Gasteiger partial charge in [-0.1, -0.05) is 23.7 Å². The summed E-state index contributed by atoms with van der Waals surface area (Å²) in [6.07, 6.45) is 2.37. The van der Waals surface area contributed by atoms with Crippen molar-refractivity contribution in [1.29, 1.82) is 0 Å². The van der Waals surface area contributed by atoms with Gasteiger partial charge in [-0.15, -0.1) is 0 Å². The molecule has 0 saturated carbocycles. The highest BCUT2D eigenvalue weighted by Crippen LogP contribution is 2.38. The maximum atomic E-state index is 6.29. The predicted octanol–water partition coefficient (Wildman–Crippen LogP) is 4.01. The van der Waals surface area contributed by atoms with E-state index in [1.807, 2.05) is 37.3 Å². The molecule has 1 fully saturated rings. The molecule has 1 aliphatic heterocycles. The molecule has 1 atom stereocenters. The van der Waals surface area contributed by atoms with Gasteiger partial charge in [0.1, 0.15) is 24.0 Å². The van der Waals surface area contributed by atoms with Crippen LogP contribution in [-0.4, -0.2) is 29.3 Å². The highest BCUT2D eigenvalue weighted by Gasteiger charge is 2.21. The van der Waals surface area contributed by atoms with Crippen molar-refractivity contribution >= 4 is 28.3 Å². The van der Waals surface area contributed by atoms with E-state index in [0.717, 1.165) is 39.0 Å². The van der Waals surface area contributed by atoms with Crippen molar-refractivity contribution in [3.05, 3.63) is 47.2 Å². The molecule has 2 aromatic carbocycles. The van der Waals surface area contributed by atoms with Crippen LogP contribution in [0.1, 0.15) is 12.0 Å². The number of rotatable bonds is 3. The number of nitrogens with zero attached hydrogens (tertiary/aromatic N) is 2.